The molecule has 1 saturated heterocycles. The maximum Gasteiger partial charge on any atom is 0.103 e. The summed E-state index contributed by atoms with van der Waals surface area (Å²) in [6.45, 7) is 7.68. The second-order valence-electron chi connectivity index (χ2n) is 5.78. The minimum Gasteiger partial charge on any atom is -0.384 e. The number of rotatable bonds is 1. The third kappa shape index (κ3) is 2.38. The predicted octanol–water partition coefficient (Wildman–Crippen LogP) is 1.46. The SMILES string of the molecule is C/N=C/C1(O)CC(C)(C)N(O)C(C)(C)C1. The van der Waals surface area contributed by atoms with Gasteiger partial charge in [0.25, 0.3) is 0 Å². The molecule has 0 spiro atoms. The molecule has 1 rings (SSSR count). The minimum absolute atomic E-state index is 0.447. The molecule has 0 amide bonds. The van der Waals surface area contributed by atoms with Gasteiger partial charge in [0.2, 0.25) is 0 Å². The van der Waals surface area contributed by atoms with E-state index in [1.54, 1.807) is 13.3 Å². The molecule has 0 bridgehead atoms. The summed E-state index contributed by atoms with van der Waals surface area (Å²) in [5.74, 6) is 0. The van der Waals surface area contributed by atoms with Crippen LogP contribution < -0.4 is 0 Å². The summed E-state index contributed by atoms with van der Waals surface area (Å²) in [7, 11) is 1.66. The highest BCUT2D eigenvalue weighted by Crippen LogP contribution is 2.41. The molecule has 1 heterocycles. The van der Waals surface area contributed by atoms with Crippen molar-refractivity contribution in [1.82, 2.24) is 5.06 Å². The topological polar surface area (TPSA) is 56.1 Å². The fourth-order valence-corrected chi connectivity index (χ4v) is 2.86. The molecular formula is C11H22N2O2. The Labute approximate surface area is 91.6 Å². The van der Waals surface area contributed by atoms with Crippen LogP contribution in [0.1, 0.15) is 40.5 Å². The van der Waals surface area contributed by atoms with Gasteiger partial charge >= 0.3 is 0 Å². The van der Waals surface area contributed by atoms with Gasteiger partial charge in [-0.25, -0.2) is 0 Å². The van der Waals surface area contributed by atoms with Crippen LogP contribution in [0, 0.1) is 0 Å². The van der Waals surface area contributed by atoms with Crippen molar-refractivity contribution in [2.45, 2.75) is 57.2 Å². The molecule has 2 N–H and O–H groups in total. The van der Waals surface area contributed by atoms with E-state index >= 15 is 0 Å². The van der Waals surface area contributed by atoms with Gasteiger partial charge in [0.05, 0.1) is 0 Å². The number of aliphatic imine (C=N–C) groups is 1. The van der Waals surface area contributed by atoms with Crippen molar-refractivity contribution in [3.63, 3.8) is 0 Å². The molecule has 0 radical (unpaired) electrons. The van der Waals surface area contributed by atoms with Crippen LogP contribution in [0.5, 0.6) is 0 Å². The first-order chi connectivity index (χ1) is 6.63. The zero-order valence-electron chi connectivity index (χ0n) is 10.3. The van der Waals surface area contributed by atoms with Crippen molar-refractivity contribution in [1.29, 1.82) is 0 Å². The molecule has 1 aliphatic rings. The number of hydroxylamine groups is 2. The molecule has 0 aromatic rings. The Hall–Kier alpha value is -0.450. The molecule has 0 saturated carbocycles. The van der Waals surface area contributed by atoms with Gasteiger partial charge in [-0.15, -0.1) is 0 Å². The van der Waals surface area contributed by atoms with E-state index in [-0.39, 0.29) is 0 Å². The van der Waals surface area contributed by atoms with Crippen LogP contribution in [0.2, 0.25) is 0 Å². The molecule has 0 aromatic heterocycles. The van der Waals surface area contributed by atoms with Crippen molar-refractivity contribution in [3.8, 4) is 0 Å². The summed E-state index contributed by atoms with van der Waals surface area (Å²) in [4.78, 5) is 3.91. The van der Waals surface area contributed by atoms with Gasteiger partial charge in [0.1, 0.15) is 5.60 Å². The monoisotopic (exact) mass is 214 g/mol. The normalized spacial score (nSPS) is 29.5. The first kappa shape index (κ1) is 12.6. The average molecular weight is 214 g/mol. The zero-order valence-corrected chi connectivity index (χ0v) is 10.3. The van der Waals surface area contributed by atoms with Crippen molar-refractivity contribution in [3.05, 3.63) is 0 Å². The fourth-order valence-electron chi connectivity index (χ4n) is 2.86. The smallest absolute Gasteiger partial charge is 0.103 e. The molecule has 0 aromatic carbocycles. The van der Waals surface area contributed by atoms with Crippen LogP contribution in [0.25, 0.3) is 0 Å². The molecule has 0 aliphatic carbocycles. The lowest BCUT2D eigenvalue weighted by molar-refractivity contribution is -0.264. The first-order valence-corrected chi connectivity index (χ1v) is 5.28. The largest absolute Gasteiger partial charge is 0.384 e. The first-order valence-electron chi connectivity index (χ1n) is 5.28. The van der Waals surface area contributed by atoms with Gasteiger partial charge in [-0.2, -0.15) is 5.06 Å². The summed E-state index contributed by atoms with van der Waals surface area (Å²) < 4.78 is 0. The van der Waals surface area contributed by atoms with Gasteiger partial charge in [0.15, 0.2) is 0 Å². The van der Waals surface area contributed by atoms with Crippen molar-refractivity contribution < 1.29 is 10.3 Å². The van der Waals surface area contributed by atoms with Gasteiger partial charge in [-0.3, -0.25) is 4.99 Å². The molecule has 1 fully saturated rings. The summed E-state index contributed by atoms with van der Waals surface area (Å²) in [5, 5.41) is 21.8. The predicted molar refractivity (Wildman–Crippen MR) is 60.4 cm³/mol. The summed E-state index contributed by atoms with van der Waals surface area (Å²) >= 11 is 0. The van der Waals surface area contributed by atoms with E-state index in [1.165, 1.54) is 5.06 Å². The van der Waals surface area contributed by atoms with Crippen LogP contribution >= 0.6 is 0 Å². The number of hydrogen-bond donors (Lipinski definition) is 2. The lowest BCUT2D eigenvalue weighted by atomic mass is 9.73. The Morgan fingerprint density at radius 1 is 1.13 bits per heavy atom. The molecule has 15 heavy (non-hydrogen) atoms. The molecule has 0 unspecified atom stereocenters. The quantitative estimate of drug-likeness (QED) is 0.650. The summed E-state index contributed by atoms with van der Waals surface area (Å²) in [5.41, 5.74) is -1.81. The van der Waals surface area contributed by atoms with Crippen LogP contribution in [0.3, 0.4) is 0 Å². The lowest BCUT2D eigenvalue weighted by Crippen LogP contribution is -2.64. The third-order valence-corrected chi connectivity index (χ3v) is 2.99. The number of aliphatic hydroxyl groups is 1. The van der Waals surface area contributed by atoms with Gasteiger partial charge < -0.3 is 10.3 Å². The standard InChI is InChI=1S/C11H22N2O2/c1-9(2)6-11(14,8-12-5)7-10(3,4)13(9)15/h8,14-15H,6-7H2,1-5H3/b12-8+. The minimum atomic E-state index is -0.916. The third-order valence-electron chi connectivity index (χ3n) is 2.99. The van der Waals surface area contributed by atoms with Crippen LogP contribution in [0.15, 0.2) is 4.99 Å². The van der Waals surface area contributed by atoms with E-state index in [0.717, 1.165) is 0 Å². The van der Waals surface area contributed by atoms with E-state index in [1.807, 2.05) is 27.7 Å². The van der Waals surface area contributed by atoms with E-state index in [4.69, 9.17) is 0 Å². The second-order valence-corrected chi connectivity index (χ2v) is 5.78. The Bertz CT molecular complexity index is 254. The number of piperidine rings is 1. The summed E-state index contributed by atoms with van der Waals surface area (Å²) in [6, 6.07) is 0. The maximum atomic E-state index is 10.4. The number of nitrogens with zero attached hydrogens (tertiary/aromatic N) is 2. The van der Waals surface area contributed by atoms with Crippen molar-refractivity contribution >= 4 is 6.21 Å². The number of hydrogen-bond acceptors (Lipinski definition) is 4. The van der Waals surface area contributed by atoms with E-state index in [9.17, 15) is 10.3 Å². The highest BCUT2D eigenvalue weighted by molar-refractivity contribution is 5.69. The van der Waals surface area contributed by atoms with Gasteiger partial charge in [-0.05, 0) is 27.7 Å². The summed E-state index contributed by atoms with van der Waals surface area (Å²) in [6.07, 6.45) is 2.55. The molecule has 88 valence electrons. The van der Waals surface area contributed by atoms with Gasteiger partial charge in [0, 0.05) is 37.2 Å². The molecular weight excluding hydrogens is 192 g/mol. The molecule has 1 aliphatic heterocycles. The molecule has 0 atom stereocenters. The van der Waals surface area contributed by atoms with Gasteiger partial charge in [-0.1, -0.05) is 0 Å². The highest BCUT2D eigenvalue weighted by atomic mass is 16.5. The average Bonchev–Trinajstić information content (AvgIpc) is 1.98. The second kappa shape index (κ2) is 3.54. The zero-order chi connectivity index (χ0) is 11.9. The Morgan fingerprint density at radius 2 is 1.53 bits per heavy atom. The molecule has 4 heteroatoms. The van der Waals surface area contributed by atoms with Crippen LogP contribution in [-0.2, 0) is 0 Å². The lowest BCUT2D eigenvalue weighted by Gasteiger charge is -2.53. The fraction of sp³-hybridized carbons (Fsp3) is 0.909. The van der Waals surface area contributed by atoms with E-state index in [2.05, 4.69) is 4.99 Å². The maximum absolute atomic E-state index is 10.4. The van der Waals surface area contributed by atoms with E-state index in [0.29, 0.717) is 12.8 Å². The Balaban J connectivity index is 3.03. The van der Waals surface area contributed by atoms with Crippen LogP contribution in [-0.4, -0.2) is 45.3 Å². The van der Waals surface area contributed by atoms with Crippen LogP contribution in [0.4, 0.5) is 0 Å². The van der Waals surface area contributed by atoms with Crippen molar-refractivity contribution in [2.75, 3.05) is 7.05 Å². The van der Waals surface area contributed by atoms with E-state index < -0.39 is 16.7 Å². The Morgan fingerprint density at radius 3 is 1.87 bits per heavy atom. The Kier molecular flexibility index (Phi) is 2.98. The molecule has 4 nitrogen and oxygen atoms in total. The highest BCUT2D eigenvalue weighted by Gasteiger charge is 2.50. The van der Waals surface area contributed by atoms with Crippen molar-refractivity contribution in [2.24, 2.45) is 4.99 Å².